The van der Waals surface area contributed by atoms with Crippen LogP contribution in [0.15, 0.2) is 36.7 Å². The van der Waals surface area contributed by atoms with Crippen molar-refractivity contribution in [1.29, 1.82) is 0 Å². The summed E-state index contributed by atoms with van der Waals surface area (Å²) in [6, 6.07) is 6.81. The number of hydrogen-bond donors (Lipinski definition) is 0. The molecule has 1 aromatic rings. The molecule has 8 nitrogen and oxygen atoms in total. The minimum atomic E-state index is -4.08. The second-order valence-corrected chi connectivity index (χ2v) is 10.1. The van der Waals surface area contributed by atoms with Gasteiger partial charge in [-0.15, -0.1) is 0 Å². The molecule has 1 saturated heterocycles. The first-order valence-corrected chi connectivity index (χ1v) is 11.7. The number of carboxylic acid groups (broad SMARTS) is 1. The van der Waals surface area contributed by atoms with Crippen molar-refractivity contribution >= 4 is 16.1 Å². The van der Waals surface area contributed by atoms with E-state index in [0.29, 0.717) is 16.6 Å². The lowest BCUT2D eigenvalue weighted by Gasteiger charge is -2.40. The number of rotatable bonds is 5. The highest BCUT2D eigenvalue weighted by atomic mass is 32.2. The predicted octanol–water partition coefficient (Wildman–Crippen LogP) is 0.980. The van der Waals surface area contributed by atoms with Crippen molar-refractivity contribution in [3.63, 3.8) is 0 Å². The van der Waals surface area contributed by atoms with E-state index < -0.39 is 16.1 Å². The Labute approximate surface area is 179 Å². The Morgan fingerprint density at radius 2 is 1.70 bits per heavy atom. The fraction of sp³-hybridized carbons (Fsp3) is 0.571. The third-order valence-electron chi connectivity index (χ3n) is 5.91. The van der Waals surface area contributed by atoms with Crippen molar-refractivity contribution in [2.45, 2.75) is 39.4 Å². The highest BCUT2D eigenvalue weighted by Gasteiger charge is 2.29. The maximum Gasteiger partial charge on any atom is 0.169 e. The fourth-order valence-electron chi connectivity index (χ4n) is 3.65. The van der Waals surface area contributed by atoms with E-state index in [2.05, 4.69) is 23.6 Å². The van der Waals surface area contributed by atoms with Gasteiger partial charge in [0.25, 0.3) is 0 Å². The van der Waals surface area contributed by atoms with Crippen LogP contribution in [0.4, 0.5) is 0 Å². The quantitative estimate of drug-likeness (QED) is 0.499. The largest absolute Gasteiger partial charge is 0.744 e. The second-order valence-electron chi connectivity index (χ2n) is 8.69. The van der Waals surface area contributed by atoms with Crippen LogP contribution < -0.4 is 5.11 Å². The lowest BCUT2D eigenvalue weighted by atomic mass is 9.98. The van der Waals surface area contributed by atoms with Crippen LogP contribution in [0.1, 0.15) is 42.6 Å². The van der Waals surface area contributed by atoms with Crippen LogP contribution in [0.25, 0.3) is 0 Å². The summed E-state index contributed by atoms with van der Waals surface area (Å²) in [5.74, 6) is -0.717. The minimum absolute atomic E-state index is 0.218. The average molecular weight is 439 g/mol. The van der Waals surface area contributed by atoms with Gasteiger partial charge in [-0.3, -0.25) is 0 Å². The Kier molecular flexibility index (Phi) is 7.90. The van der Waals surface area contributed by atoms with Crippen molar-refractivity contribution in [3.8, 4) is 0 Å². The van der Waals surface area contributed by atoms with Gasteiger partial charge in [-0.1, -0.05) is 31.2 Å². The lowest BCUT2D eigenvalue weighted by molar-refractivity contribution is -0.904. The molecule has 9 heteroatoms. The molecule has 2 aliphatic heterocycles. The molecule has 1 fully saturated rings. The van der Waals surface area contributed by atoms with Gasteiger partial charge in [-0.05, 0) is 36.8 Å². The minimum Gasteiger partial charge on any atom is -0.744 e. The number of quaternary nitrogens is 1. The highest BCUT2D eigenvalue weighted by Crippen LogP contribution is 2.21. The van der Waals surface area contributed by atoms with Crippen molar-refractivity contribution in [2.75, 3.05) is 33.1 Å². The Morgan fingerprint density at radius 3 is 2.13 bits per heavy atom. The lowest BCUT2D eigenvalue weighted by Crippen LogP contribution is -2.52. The number of carbonyl (C=O) groups excluding carboxylic acids is 1. The highest BCUT2D eigenvalue weighted by molar-refractivity contribution is 7.85. The van der Waals surface area contributed by atoms with E-state index in [1.54, 1.807) is 12.1 Å². The summed E-state index contributed by atoms with van der Waals surface area (Å²) in [6.07, 6.45) is 6.44. The summed E-state index contributed by atoms with van der Waals surface area (Å²) in [5.41, 5.74) is 1.30. The first kappa shape index (κ1) is 24.2. The molecule has 30 heavy (non-hydrogen) atoms. The van der Waals surface area contributed by atoms with Crippen molar-refractivity contribution in [2.24, 2.45) is 5.92 Å². The smallest absolute Gasteiger partial charge is 0.169 e. The molecule has 1 atom stereocenters. The van der Waals surface area contributed by atoms with Crippen molar-refractivity contribution < 1.29 is 27.4 Å². The molecule has 0 radical (unpaired) electrons. The Hall–Kier alpha value is -2.10. The molecule has 0 amide bonds. The molecular weight excluding hydrogens is 406 g/mol. The standard InChI is InChI=1S/C13H16N2O2.C8H17NO3S/c1-10-14(2)7-8-15(10)9-11-3-5-12(6-4-11)13(16)17;1-8-3-5-9(2,6-4-8)7-13(10,11)12/h3-8,10H,9H2,1-2H3,(H,16,17);8H,3-7H2,1-2H3/p-1. The molecule has 0 spiro atoms. The first-order chi connectivity index (χ1) is 13.9. The number of carboxylic acids is 1. The molecule has 0 bridgehead atoms. The van der Waals surface area contributed by atoms with Crippen LogP contribution in [-0.2, 0) is 16.7 Å². The molecule has 3 rings (SSSR count). The first-order valence-electron chi connectivity index (χ1n) is 10.1. The summed E-state index contributed by atoms with van der Waals surface area (Å²) in [4.78, 5) is 14.9. The van der Waals surface area contributed by atoms with Crippen LogP contribution in [-0.4, -0.2) is 72.5 Å². The topological polar surface area (TPSA) is 104 Å². The zero-order valence-corrected chi connectivity index (χ0v) is 19.0. The van der Waals surface area contributed by atoms with Crippen LogP contribution in [0.5, 0.6) is 0 Å². The normalized spacial score (nSPS) is 26.3. The summed E-state index contributed by atoms with van der Waals surface area (Å²) in [5, 5.41) is 10.6. The van der Waals surface area contributed by atoms with Crippen LogP contribution in [0.3, 0.4) is 0 Å². The van der Waals surface area contributed by atoms with Gasteiger partial charge in [0.05, 0.1) is 32.3 Å². The van der Waals surface area contributed by atoms with E-state index >= 15 is 0 Å². The third kappa shape index (κ3) is 7.30. The molecule has 1 unspecified atom stereocenters. The number of nitrogens with zero attached hydrogens (tertiary/aromatic N) is 3. The van der Waals surface area contributed by atoms with Gasteiger partial charge in [0.1, 0.15) is 10.1 Å². The van der Waals surface area contributed by atoms with Gasteiger partial charge < -0.3 is 28.7 Å². The van der Waals surface area contributed by atoms with Gasteiger partial charge in [-0.25, -0.2) is 8.42 Å². The molecule has 0 aliphatic carbocycles. The van der Waals surface area contributed by atoms with E-state index in [-0.39, 0.29) is 11.4 Å². The third-order valence-corrected chi connectivity index (χ3v) is 6.85. The molecule has 168 valence electrons. The fourth-order valence-corrected chi connectivity index (χ4v) is 4.67. The maximum absolute atomic E-state index is 10.6. The number of likely N-dealkylation sites (tertiary alicyclic amines) is 1. The van der Waals surface area contributed by atoms with Gasteiger partial charge in [0.15, 0.2) is 5.88 Å². The van der Waals surface area contributed by atoms with Crippen LogP contribution in [0.2, 0.25) is 0 Å². The van der Waals surface area contributed by atoms with E-state index in [1.807, 2.05) is 38.6 Å². The average Bonchev–Trinajstić information content (AvgIpc) is 2.96. The summed E-state index contributed by atoms with van der Waals surface area (Å²) in [7, 11) is -0.201. The SMILES string of the molecule is CC1CC[N+](C)(CS(=O)(=O)[O-])CC1.CC1N(C)C=CN1Cc1ccc(C(=O)[O-])cc1. The summed E-state index contributed by atoms with van der Waals surface area (Å²) < 4.78 is 32.2. The van der Waals surface area contributed by atoms with E-state index in [0.717, 1.165) is 38.0 Å². The number of piperidine rings is 1. The van der Waals surface area contributed by atoms with Crippen molar-refractivity contribution in [1.82, 2.24) is 9.80 Å². The zero-order valence-electron chi connectivity index (χ0n) is 18.2. The molecule has 0 saturated carbocycles. The molecule has 2 aliphatic rings. The number of hydrogen-bond acceptors (Lipinski definition) is 7. The molecule has 0 N–H and O–H groups in total. The van der Waals surface area contributed by atoms with E-state index in [9.17, 15) is 22.9 Å². The predicted molar refractivity (Wildman–Crippen MR) is 112 cm³/mol. The summed E-state index contributed by atoms with van der Waals surface area (Å²) in [6.45, 7) is 6.67. The number of carbonyl (C=O) groups is 1. The van der Waals surface area contributed by atoms with Gasteiger partial charge >= 0.3 is 0 Å². The zero-order chi connectivity index (χ0) is 22.5. The molecule has 1 aromatic carbocycles. The van der Waals surface area contributed by atoms with Gasteiger partial charge in [0, 0.05) is 26.0 Å². The van der Waals surface area contributed by atoms with E-state index in [4.69, 9.17) is 0 Å². The van der Waals surface area contributed by atoms with E-state index in [1.165, 1.54) is 0 Å². The second kappa shape index (κ2) is 9.80. The van der Waals surface area contributed by atoms with Crippen LogP contribution >= 0.6 is 0 Å². The Balaban J connectivity index is 0.000000222. The summed E-state index contributed by atoms with van der Waals surface area (Å²) >= 11 is 0. The Bertz CT molecular complexity index is 846. The Morgan fingerprint density at radius 1 is 1.13 bits per heavy atom. The molecule has 0 aromatic heterocycles. The monoisotopic (exact) mass is 438 g/mol. The number of aromatic carboxylic acids is 1. The number of benzene rings is 1. The van der Waals surface area contributed by atoms with Gasteiger partial charge in [0.2, 0.25) is 0 Å². The molecule has 2 heterocycles. The maximum atomic E-state index is 10.6. The van der Waals surface area contributed by atoms with Crippen LogP contribution in [0, 0.1) is 5.92 Å². The molecular formula is C21H32N3O5S-. The van der Waals surface area contributed by atoms with Gasteiger partial charge in [-0.2, -0.15) is 0 Å². The van der Waals surface area contributed by atoms with Crippen molar-refractivity contribution in [3.05, 3.63) is 47.8 Å².